The van der Waals surface area contributed by atoms with Crippen molar-refractivity contribution in [3.8, 4) is 0 Å². The van der Waals surface area contributed by atoms with E-state index >= 15 is 0 Å². The molecule has 0 aliphatic heterocycles. The van der Waals surface area contributed by atoms with E-state index in [-0.39, 0.29) is 0 Å². The van der Waals surface area contributed by atoms with Crippen LogP contribution in [0.1, 0.15) is 182 Å². The fourth-order valence-corrected chi connectivity index (χ4v) is 5.09. The van der Waals surface area contributed by atoms with E-state index in [0.29, 0.717) is 5.54 Å². The van der Waals surface area contributed by atoms with Gasteiger partial charge in [-0.05, 0) is 46.2 Å². The largest absolute Gasteiger partial charge is 0.298 e. The lowest BCUT2D eigenvalue weighted by Crippen LogP contribution is -2.45. The van der Waals surface area contributed by atoms with E-state index in [2.05, 4.69) is 39.5 Å². The molecule has 0 saturated heterocycles. The molecule has 1 nitrogen and oxygen atoms in total. The molecule has 194 valence electrons. The highest BCUT2D eigenvalue weighted by Crippen LogP contribution is 2.25. The van der Waals surface area contributed by atoms with Crippen molar-refractivity contribution in [3.63, 3.8) is 0 Å². The smallest absolute Gasteiger partial charge is 0.0153 e. The Kier molecular flexibility index (Phi) is 24.1. The third-order valence-electron chi connectivity index (χ3n) is 7.56. The lowest BCUT2D eigenvalue weighted by atomic mass is 9.92. The minimum atomic E-state index is 0.382. The van der Waals surface area contributed by atoms with Crippen molar-refractivity contribution in [3.05, 3.63) is 0 Å². The summed E-state index contributed by atoms with van der Waals surface area (Å²) in [6, 6.07) is 0. The summed E-state index contributed by atoms with van der Waals surface area (Å²) in [6.07, 6.45) is 32.8. The number of hydrogen-bond donors (Lipinski definition) is 0. The van der Waals surface area contributed by atoms with Gasteiger partial charge >= 0.3 is 0 Å². The van der Waals surface area contributed by atoms with Gasteiger partial charge in [0.25, 0.3) is 0 Å². The van der Waals surface area contributed by atoms with E-state index in [4.69, 9.17) is 0 Å². The SMILES string of the molecule is CCCCCCCCCCCCC(C)(C)N(CCCCCCCC)CCCCCCCC. The topological polar surface area (TPSA) is 3.24 Å². The second kappa shape index (κ2) is 24.1. The van der Waals surface area contributed by atoms with Crippen molar-refractivity contribution in [1.29, 1.82) is 0 Å². The molecule has 32 heavy (non-hydrogen) atoms. The molecule has 0 unspecified atom stereocenters. The van der Waals surface area contributed by atoms with E-state index < -0.39 is 0 Å². The molecule has 0 atom stereocenters. The molecule has 0 amide bonds. The Morgan fingerprint density at radius 2 is 0.656 bits per heavy atom. The summed E-state index contributed by atoms with van der Waals surface area (Å²) in [5, 5.41) is 0. The first kappa shape index (κ1) is 32.0. The van der Waals surface area contributed by atoms with Crippen LogP contribution in [0.2, 0.25) is 0 Å². The molecule has 0 aromatic rings. The molecule has 0 fully saturated rings. The molecule has 0 bridgehead atoms. The molecule has 0 aromatic carbocycles. The van der Waals surface area contributed by atoms with E-state index in [1.54, 1.807) is 0 Å². The van der Waals surface area contributed by atoms with Gasteiger partial charge in [0.15, 0.2) is 0 Å². The molecular weight excluding hydrogens is 386 g/mol. The maximum absolute atomic E-state index is 2.88. The van der Waals surface area contributed by atoms with Crippen LogP contribution in [0.4, 0.5) is 0 Å². The van der Waals surface area contributed by atoms with E-state index in [0.717, 1.165) is 0 Å². The zero-order chi connectivity index (χ0) is 23.8. The molecule has 1 heteroatoms. The Hall–Kier alpha value is -0.0400. The summed E-state index contributed by atoms with van der Waals surface area (Å²) in [5.41, 5.74) is 0.382. The lowest BCUT2D eigenvalue weighted by molar-refractivity contribution is 0.102. The van der Waals surface area contributed by atoms with E-state index in [1.165, 1.54) is 161 Å². The van der Waals surface area contributed by atoms with Crippen molar-refractivity contribution in [1.82, 2.24) is 4.90 Å². The Balaban J connectivity index is 4.15. The first-order chi connectivity index (χ1) is 15.6. The fraction of sp³-hybridized carbons (Fsp3) is 1.00. The van der Waals surface area contributed by atoms with Gasteiger partial charge in [-0.3, -0.25) is 4.90 Å². The van der Waals surface area contributed by atoms with Crippen LogP contribution in [0.25, 0.3) is 0 Å². The van der Waals surface area contributed by atoms with Gasteiger partial charge in [-0.1, -0.05) is 149 Å². The normalized spacial score (nSPS) is 12.2. The van der Waals surface area contributed by atoms with Crippen LogP contribution in [0, 0.1) is 0 Å². The third-order valence-corrected chi connectivity index (χ3v) is 7.56. The first-order valence-corrected chi connectivity index (χ1v) is 15.3. The summed E-state index contributed by atoms with van der Waals surface area (Å²) < 4.78 is 0. The maximum atomic E-state index is 2.88. The third kappa shape index (κ3) is 20.6. The van der Waals surface area contributed by atoms with Crippen LogP contribution in [0.5, 0.6) is 0 Å². The van der Waals surface area contributed by atoms with Crippen molar-refractivity contribution in [2.75, 3.05) is 13.1 Å². The van der Waals surface area contributed by atoms with Gasteiger partial charge < -0.3 is 0 Å². The zero-order valence-electron chi connectivity index (χ0n) is 23.6. The maximum Gasteiger partial charge on any atom is 0.0153 e. The number of rotatable bonds is 26. The summed E-state index contributed by atoms with van der Waals surface area (Å²) in [5.74, 6) is 0. The molecule has 0 heterocycles. The van der Waals surface area contributed by atoms with Crippen LogP contribution in [0.3, 0.4) is 0 Å². The number of hydrogen-bond acceptors (Lipinski definition) is 1. The number of unbranched alkanes of at least 4 members (excludes halogenated alkanes) is 19. The summed E-state index contributed by atoms with van der Waals surface area (Å²) in [7, 11) is 0. The summed E-state index contributed by atoms with van der Waals surface area (Å²) >= 11 is 0. The van der Waals surface area contributed by atoms with Gasteiger partial charge in [0.2, 0.25) is 0 Å². The van der Waals surface area contributed by atoms with Crippen molar-refractivity contribution in [2.45, 2.75) is 188 Å². The summed E-state index contributed by atoms with van der Waals surface area (Å²) in [6.45, 7) is 14.7. The molecule has 0 aliphatic rings. The Morgan fingerprint density at radius 1 is 0.375 bits per heavy atom. The molecule has 0 N–H and O–H groups in total. The van der Waals surface area contributed by atoms with E-state index in [9.17, 15) is 0 Å². The monoisotopic (exact) mass is 452 g/mol. The highest BCUT2D eigenvalue weighted by Gasteiger charge is 2.25. The average Bonchev–Trinajstić information content (AvgIpc) is 2.78. The Morgan fingerprint density at radius 3 is 1.00 bits per heavy atom. The predicted molar refractivity (Wildman–Crippen MR) is 149 cm³/mol. The van der Waals surface area contributed by atoms with Crippen molar-refractivity contribution >= 4 is 0 Å². The molecular formula is C31H65N. The molecule has 0 rings (SSSR count). The molecule has 0 saturated carbocycles. The fourth-order valence-electron chi connectivity index (χ4n) is 5.09. The molecule has 0 aromatic heterocycles. The highest BCUT2D eigenvalue weighted by atomic mass is 15.2. The standard InChI is InChI=1S/C31H65N/c1-6-9-12-15-18-19-20-21-22-25-28-31(4,5)32(29-26-23-16-13-10-7-2)30-27-24-17-14-11-8-3/h6-30H2,1-5H3. The van der Waals surface area contributed by atoms with Gasteiger partial charge in [-0.15, -0.1) is 0 Å². The van der Waals surface area contributed by atoms with Crippen molar-refractivity contribution in [2.24, 2.45) is 0 Å². The minimum absolute atomic E-state index is 0.382. The van der Waals surface area contributed by atoms with Gasteiger partial charge in [-0.2, -0.15) is 0 Å². The van der Waals surface area contributed by atoms with Gasteiger partial charge in [0.05, 0.1) is 0 Å². The van der Waals surface area contributed by atoms with Crippen LogP contribution in [-0.4, -0.2) is 23.5 Å². The van der Waals surface area contributed by atoms with Crippen molar-refractivity contribution < 1.29 is 0 Å². The first-order valence-electron chi connectivity index (χ1n) is 15.3. The highest BCUT2D eigenvalue weighted by molar-refractivity contribution is 4.81. The Labute approximate surface area is 205 Å². The Bertz CT molecular complexity index is 332. The lowest BCUT2D eigenvalue weighted by Gasteiger charge is -2.39. The zero-order valence-corrected chi connectivity index (χ0v) is 23.6. The predicted octanol–water partition coefficient (Wildman–Crippen LogP) is 11.1. The van der Waals surface area contributed by atoms with Gasteiger partial charge in [0, 0.05) is 5.54 Å². The second-order valence-corrected chi connectivity index (χ2v) is 11.3. The van der Waals surface area contributed by atoms with Crippen LogP contribution in [-0.2, 0) is 0 Å². The van der Waals surface area contributed by atoms with Crippen LogP contribution < -0.4 is 0 Å². The average molecular weight is 452 g/mol. The van der Waals surface area contributed by atoms with Crippen LogP contribution in [0.15, 0.2) is 0 Å². The molecule has 0 radical (unpaired) electrons. The summed E-state index contributed by atoms with van der Waals surface area (Å²) in [4.78, 5) is 2.88. The quantitative estimate of drug-likeness (QED) is 0.118. The van der Waals surface area contributed by atoms with Gasteiger partial charge in [-0.25, -0.2) is 0 Å². The second-order valence-electron chi connectivity index (χ2n) is 11.3. The minimum Gasteiger partial charge on any atom is -0.298 e. The molecule has 0 aliphatic carbocycles. The number of nitrogens with zero attached hydrogens (tertiary/aromatic N) is 1. The van der Waals surface area contributed by atoms with Gasteiger partial charge in [0.1, 0.15) is 0 Å². The van der Waals surface area contributed by atoms with Crippen LogP contribution >= 0.6 is 0 Å². The molecule has 0 spiro atoms. The van der Waals surface area contributed by atoms with E-state index in [1.807, 2.05) is 0 Å².